The third-order valence-electron chi connectivity index (χ3n) is 4.67. The average molecular weight is 319 g/mol. The molecule has 0 spiro atoms. The van der Waals surface area contributed by atoms with Gasteiger partial charge in [0, 0.05) is 52.0 Å². The molecule has 0 saturated carbocycles. The van der Waals surface area contributed by atoms with E-state index in [9.17, 15) is 9.59 Å². The van der Waals surface area contributed by atoms with Gasteiger partial charge in [0.2, 0.25) is 0 Å². The molecule has 1 atom stereocenters. The van der Waals surface area contributed by atoms with Gasteiger partial charge in [0.05, 0.1) is 6.61 Å². The fourth-order valence-electron chi connectivity index (χ4n) is 3.26. The van der Waals surface area contributed by atoms with Gasteiger partial charge in [0.25, 0.3) is 11.5 Å². The first-order valence-electron chi connectivity index (χ1n) is 8.42. The molecule has 126 valence electrons. The van der Waals surface area contributed by atoms with Gasteiger partial charge in [0.1, 0.15) is 6.10 Å². The Balaban J connectivity index is 1.60. The predicted octanol–water partition coefficient (Wildman–Crippen LogP) is 0.599. The van der Waals surface area contributed by atoms with Crippen LogP contribution in [0.3, 0.4) is 0 Å². The van der Waals surface area contributed by atoms with Gasteiger partial charge in [-0.05, 0) is 30.9 Å². The molecule has 2 aliphatic rings. The second-order valence-electron chi connectivity index (χ2n) is 6.46. The normalized spacial score (nSPS) is 23.0. The number of rotatable bonds is 3. The summed E-state index contributed by atoms with van der Waals surface area (Å²) in [5.41, 5.74) is 0.982. The maximum absolute atomic E-state index is 12.6. The standard InChI is InChI=1S/C17H25N3O3/c1-18-8-5-14(11-16(18)21)12-19-9-10-23-15(13-19)17(22)20-6-3-2-4-7-20/h5,8,11,15H,2-4,6-7,9-10,12-13H2,1H3. The van der Waals surface area contributed by atoms with E-state index in [0.29, 0.717) is 19.7 Å². The van der Waals surface area contributed by atoms with Crippen molar-refractivity contribution in [3.05, 3.63) is 34.2 Å². The summed E-state index contributed by atoms with van der Waals surface area (Å²) in [5, 5.41) is 0. The molecule has 1 amide bonds. The number of pyridine rings is 1. The number of morpholine rings is 1. The smallest absolute Gasteiger partial charge is 0.253 e. The van der Waals surface area contributed by atoms with Crippen LogP contribution in [0.15, 0.2) is 23.1 Å². The number of nitrogens with zero attached hydrogens (tertiary/aromatic N) is 3. The summed E-state index contributed by atoms with van der Waals surface area (Å²) >= 11 is 0. The van der Waals surface area contributed by atoms with Gasteiger partial charge in [-0.2, -0.15) is 0 Å². The van der Waals surface area contributed by atoms with E-state index in [1.54, 1.807) is 23.9 Å². The molecule has 0 N–H and O–H groups in total. The largest absolute Gasteiger partial charge is 0.366 e. The van der Waals surface area contributed by atoms with Crippen LogP contribution in [-0.4, -0.2) is 59.2 Å². The molecule has 0 aliphatic carbocycles. The lowest BCUT2D eigenvalue weighted by Crippen LogP contribution is -2.51. The molecule has 3 heterocycles. The molecule has 6 nitrogen and oxygen atoms in total. The molecule has 2 saturated heterocycles. The van der Waals surface area contributed by atoms with E-state index in [2.05, 4.69) is 4.90 Å². The van der Waals surface area contributed by atoms with Gasteiger partial charge in [-0.3, -0.25) is 14.5 Å². The quantitative estimate of drug-likeness (QED) is 0.819. The first-order chi connectivity index (χ1) is 11.1. The summed E-state index contributed by atoms with van der Waals surface area (Å²) in [4.78, 5) is 28.4. The third-order valence-corrected chi connectivity index (χ3v) is 4.67. The molecule has 1 aromatic heterocycles. The van der Waals surface area contributed by atoms with Gasteiger partial charge in [-0.15, -0.1) is 0 Å². The van der Waals surface area contributed by atoms with Crippen molar-refractivity contribution in [1.29, 1.82) is 0 Å². The number of carbonyl (C=O) groups excluding carboxylic acids is 1. The van der Waals surface area contributed by atoms with Crippen LogP contribution >= 0.6 is 0 Å². The number of hydrogen-bond donors (Lipinski definition) is 0. The summed E-state index contributed by atoms with van der Waals surface area (Å²) in [6.07, 6.45) is 4.82. The molecule has 6 heteroatoms. The molecule has 0 radical (unpaired) electrons. The fourth-order valence-corrected chi connectivity index (χ4v) is 3.26. The molecule has 1 aromatic rings. The molecule has 2 fully saturated rings. The highest BCUT2D eigenvalue weighted by Gasteiger charge is 2.30. The second-order valence-corrected chi connectivity index (χ2v) is 6.46. The number of hydrogen-bond acceptors (Lipinski definition) is 4. The van der Waals surface area contributed by atoms with E-state index >= 15 is 0 Å². The Hall–Kier alpha value is -1.66. The summed E-state index contributed by atoms with van der Waals surface area (Å²) in [6, 6.07) is 3.62. The maximum Gasteiger partial charge on any atom is 0.253 e. The minimum Gasteiger partial charge on any atom is -0.366 e. The van der Waals surface area contributed by atoms with Crippen LogP contribution in [-0.2, 0) is 23.1 Å². The van der Waals surface area contributed by atoms with E-state index in [1.807, 2.05) is 11.0 Å². The van der Waals surface area contributed by atoms with Crippen molar-refractivity contribution in [2.24, 2.45) is 7.05 Å². The van der Waals surface area contributed by atoms with Gasteiger partial charge >= 0.3 is 0 Å². The Kier molecular flexibility index (Phi) is 5.13. The van der Waals surface area contributed by atoms with E-state index in [-0.39, 0.29) is 17.6 Å². The summed E-state index contributed by atoms with van der Waals surface area (Å²) in [5.74, 6) is 0.123. The number of aryl methyl sites for hydroxylation is 1. The molecular formula is C17H25N3O3. The van der Waals surface area contributed by atoms with Crippen molar-refractivity contribution < 1.29 is 9.53 Å². The summed E-state index contributed by atoms with van der Waals surface area (Å²) in [7, 11) is 1.74. The molecule has 0 bridgehead atoms. The number of carbonyl (C=O) groups is 1. The second kappa shape index (κ2) is 7.27. The van der Waals surface area contributed by atoms with Crippen molar-refractivity contribution >= 4 is 5.91 Å². The van der Waals surface area contributed by atoms with Crippen molar-refractivity contribution in [2.45, 2.75) is 31.9 Å². The summed E-state index contributed by atoms with van der Waals surface area (Å²) < 4.78 is 7.27. The van der Waals surface area contributed by atoms with Crippen LogP contribution in [0.25, 0.3) is 0 Å². The molecule has 1 unspecified atom stereocenters. The first-order valence-corrected chi connectivity index (χ1v) is 8.42. The molecule has 0 aromatic carbocycles. The Morgan fingerprint density at radius 2 is 2.04 bits per heavy atom. The zero-order valence-corrected chi connectivity index (χ0v) is 13.7. The average Bonchev–Trinajstić information content (AvgIpc) is 2.58. The molecular weight excluding hydrogens is 294 g/mol. The zero-order valence-electron chi connectivity index (χ0n) is 13.7. The number of likely N-dealkylation sites (tertiary alicyclic amines) is 1. The van der Waals surface area contributed by atoms with Crippen molar-refractivity contribution in [3.8, 4) is 0 Å². The number of aromatic nitrogens is 1. The number of amides is 1. The van der Waals surface area contributed by atoms with Gasteiger partial charge in [0.15, 0.2) is 0 Å². The lowest BCUT2D eigenvalue weighted by atomic mass is 10.1. The van der Waals surface area contributed by atoms with Crippen LogP contribution in [0.1, 0.15) is 24.8 Å². The monoisotopic (exact) mass is 319 g/mol. The Bertz CT molecular complexity index is 607. The minimum absolute atomic E-state index is 0.00305. The minimum atomic E-state index is -0.367. The highest BCUT2D eigenvalue weighted by molar-refractivity contribution is 5.81. The third kappa shape index (κ3) is 4.00. The topological polar surface area (TPSA) is 54.8 Å². The van der Waals surface area contributed by atoms with Crippen LogP contribution < -0.4 is 5.56 Å². The molecule has 2 aliphatic heterocycles. The molecule has 23 heavy (non-hydrogen) atoms. The van der Waals surface area contributed by atoms with Gasteiger partial charge in [-0.25, -0.2) is 0 Å². The lowest BCUT2D eigenvalue weighted by molar-refractivity contribution is -0.150. The SMILES string of the molecule is Cn1ccc(CN2CCOC(C(=O)N3CCCCC3)C2)cc1=O. The lowest BCUT2D eigenvalue weighted by Gasteiger charge is -2.36. The fraction of sp³-hybridized carbons (Fsp3) is 0.647. The van der Waals surface area contributed by atoms with Crippen molar-refractivity contribution in [1.82, 2.24) is 14.4 Å². The van der Waals surface area contributed by atoms with Gasteiger partial charge < -0.3 is 14.2 Å². The van der Waals surface area contributed by atoms with Crippen molar-refractivity contribution in [3.63, 3.8) is 0 Å². The highest BCUT2D eigenvalue weighted by atomic mass is 16.5. The number of ether oxygens (including phenoxy) is 1. The zero-order chi connectivity index (χ0) is 16.2. The van der Waals surface area contributed by atoms with Crippen LogP contribution in [0.2, 0.25) is 0 Å². The van der Waals surface area contributed by atoms with Crippen LogP contribution in [0, 0.1) is 0 Å². The van der Waals surface area contributed by atoms with Crippen LogP contribution in [0.4, 0.5) is 0 Å². The van der Waals surface area contributed by atoms with E-state index in [0.717, 1.165) is 38.0 Å². The Morgan fingerprint density at radius 1 is 1.26 bits per heavy atom. The van der Waals surface area contributed by atoms with Crippen LogP contribution in [0.5, 0.6) is 0 Å². The number of piperidine rings is 1. The highest BCUT2D eigenvalue weighted by Crippen LogP contribution is 2.15. The first kappa shape index (κ1) is 16.2. The van der Waals surface area contributed by atoms with Gasteiger partial charge in [-0.1, -0.05) is 0 Å². The maximum atomic E-state index is 12.6. The Labute approximate surface area is 136 Å². The van der Waals surface area contributed by atoms with E-state index in [4.69, 9.17) is 4.74 Å². The molecule has 3 rings (SSSR count). The Morgan fingerprint density at radius 3 is 2.78 bits per heavy atom. The van der Waals surface area contributed by atoms with Crippen molar-refractivity contribution in [2.75, 3.05) is 32.8 Å². The van der Waals surface area contributed by atoms with E-state index < -0.39 is 0 Å². The van der Waals surface area contributed by atoms with E-state index in [1.165, 1.54) is 6.42 Å². The summed E-state index contributed by atoms with van der Waals surface area (Å²) in [6.45, 7) is 4.35. The predicted molar refractivity (Wildman–Crippen MR) is 87.1 cm³/mol.